The van der Waals surface area contributed by atoms with Gasteiger partial charge in [0.25, 0.3) is 0 Å². The van der Waals surface area contributed by atoms with Crippen LogP contribution in [0.4, 0.5) is 0 Å². The Hall–Kier alpha value is -0.820. The zero-order chi connectivity index (χ0) is 11.2. The molecule has 0 aromatic heterocycles. The maximum atomic E-state index is 3.67. The molecule has 0 bridgehead atoms. The number of benzene rings is 1. The zero-order valence-electron chi connectivity index (χ0n) is 10.3. The van der Waals surface area contributed by atoms with Gasteiger partial charge in [-0.1, -0.05) is 43.2 Å². The summed E-state index contributed by atoms with van der Waals surface area (Å²) < 4.78 is 0. The van der Waals surface area contributed by atoms with Crippen molar-refractivity contribution in [3.8, 4) is 0 Å². The molecule has 2 rings (SSSR count). The van der Waals surface area contributed by atoms with E-state index in [1.807, 2.05) is 0 Å². The van der Waals surface area contributed by atoms with Crippen LogP contribution in [0.15, 0.2) is 30.3 Å². The molecule has 0 saturated heterocycles. The lowest BCUT2D eigenvalue weighted by Gasteiger charge is -2.17. The molecule has 1 saturated carbocycles. The van der Waals surface area contributed by atoms with Crippen LogP contribution < -0.4 is 5.32 Å². The summed E-state index contributed by atoms with van der Waals surface area (Å²) in [6.07, 6.45) is 6.91. The Labute approximate surface area is 99.3 Å². The Morgan fingerprint density at radius 2 is 1.88 bits per heavy atom. The molecule has 1 aliphatic rings. The van der Waals surface area contributed by atoms with E-state index in [-0.39, 0.29) is 0 Å². The Balaban J connectivity index is 1.69. The lowest BCUT2D eigenvalue weighted by molar-refractivity contribution is 0.444. The van der Waals surface area contributed by atoms with E-state index in [1.54, 1.807) is 0 Å². The van der Waals surface area contributed by atoms with Gasteiger partial charge in [-0.05, 0) is 44.2 Å². The Bertz CT molecular complexity index is 288. The zero-order valence-corrected chi connectivity index (χ0v) is 10.3. The maximum absolute atomic E-state index is 3.67. The molecule has 1 aliphatic carbocycles. The summed E-state index contributed by atoms with van der Waals surface area (Å²) in [5.74, 6) is 0.943. The molecule has 1 nitrogen and oxygen atoms in total. The molecule has 16 heavy (non-hydrogen) atoms. The topological polar surface area (TPSA) is 12.0 Å². The molecule has 88 valence electrons. The third-order valence-corrected chi connectivity index (χ3v) is 3.61. The van der Waals surface area contributed by atoms with Gasteiger partial charge >= 0.3 is 0 Å². The van der Waals surface area contributed by atoms with E-state index in [0.717, 1.165) is 12.3 Å². The van der Waals surface area contributed by atoms with Crippen molar-refractivity contribution < 1.29 is 0 Å². The quantitative estimate of drug-likeness (QED) is 0.797. The molecule has 0 amide bonds. The molecule has 1 unspecified atom stereocenters. The van der Waals surface area contributed by atoms with Crippen LogP contribution in [-0.4, -0.2) is 12.6 Å². The van der Waals surface area contributed by atoms with Crippen molar-refractivity contribution in [1.82, 2.24) is 5.32 Å². The van der Waals surface area contributed by atoms with Crippen LogP contribution >= 0.6 is 0 Å². The summed E-state index contributed by atoms with van der Waals surface area (Å²) in [5, 5.41) is 3.67. The van der Waals surface area contributed by atoms with Crippen molar-refractivity contribution in [3.05, 3.63) is 35.9 Å². The first-order chi connectivity index (χ1) is 7.84. The van der Waals surface area contributed by atoms with Gasteiger partial charge in [0, 0.05) is 6.04 Å². The van der Waals surface area contributed by atoms with E-state index in [9.17, 15) is 0 Å². The van der Waals surface area contributed by atoms with Gasteiger partial charge in [-0.2, -0.15) is 0 Å². The number of nitrogens with one attached hydrogen (secondary N) is 1. The maximum Gasteiger partial charge on any atom is 0.00792 e. The van der Waals surface area contributed by atoms with E-state index in [2.05, 4.69) is 42.6 Å². The minimum atomic E-state index is 0.600. The van der Waals surface area contributed by atoms with Crippen LogP contribution in [0, 0.1) is 5.92 Å². The van der Waals surface area contributed by atoms with Gasteiger partial charge in [0.1, 0.15) is 0 Å². The van der Waals surface area contributed by atoms with Crippen molar-refractivity contribution in [2.24, 2.45) is 5.92 Å². The van der Waals surface area contributed by atoms with Crippen LogP contribution in [0.1, 0.15) is 38.2 Å². The summed E-state index contributed by atoms with van der Waals surface area (Å²) >= 11 is 0. The van der Waals surface area contributed by atoms with Gasteiger partial charge in [-0.3, -0.25) is 0 Å². The van der Waals surface area contributed by atoms with E-state index >= 15 is 0 Å². The fourth-order valence-electron chi connectivity index (χ4n) is 2.62. The predicted molar refractivity (Wildman–Crippen MR) is 69.6 cm³/mol. The minimum Gasteiger partial charge on any atom is -0.314 e. The molecule has 1 fully saturated rings. The lowest BCUT2D eigenvalue weighted by Crippen LogP contribution is -2.32. The standard InChI is InChI=1S/C15H23N/c1-13(11-14-7-3-2-4-8-14)16-12-15-9-5-6-10-15/h2-4,7-8,13,15-16H,5-6,9-12H2,1H3. The van der Waals surface area contributed by atoms with Gasteiger partial charge in [-0.15, -0.1) is 0 Å². The third kappa shape index (κ3) is 3.64. The highest BCUT2D eigenvalue weighted by Crippen LogP contribution is 2.23. The second-order valence-corrected chi connectivity index (χ2v) is 5.15. The molecule has 0 aliphatic heterocycles. The largest absolute Gasteiger partial charge is 0.314 e. The Morgan fingerprint density at radius 1 is 1.19 bits per heavy atom. The van der Waals surface area contributed by atoms with Crippen LogP contribution in [0.3, 0.4) is 0 Å². The number of hydrogen-bond acceptors (Lipinski definition) is 1. The van der Waals surface area contributed by atoms with Gasteiger partial charge < -0.3 is 5.32 Å². The Kier molecular flexibility index (Phi) is 4.41. The van der Waals surface area contributed by atoms with Crippen molar-refractivity contribution in [2.45, 2.75) is 45.1 Å². The summed E-state index contributed by atoms with van der Waals surface area (Å²) in [6.45, 7) is 3.51. The fourth-order valence-corrected chi connectivity index (χ4v) is 2.62. The van der Waals surface area contributed by atoms with Crippen molar-refractivity contribution >= 4 is 0 Å². The first kappa shape index (κ1) is 11.7. The molecule has 1 atom stereocenters. The predicted octanol–water partition coefficient (Wildman–Crippen LogP) is 3.40. The number of hydrogen-bond donors (Lipinski definition) is 1. The SMILES string of the molecule is CC(Cc1ccccc1)NCC1CCCC1. The summed E-state index contributed by atoms with van der Waals surface area (Å²) in [6, 6.07) is 11.4. The smallest absolute Gasteiger partial charge is 0.00792 e. The summed E-state index contributed by atoms with van der Waals surface area (Å²) in [4.78, 5) is 0. The van der Waals surface area contributed by atoms with E-state index in [0.29, 0.717) is 6.04 Å². The van der Waals surface area contributed by atoms with Gasteiger partial charge in [-0.25, -0.2) is 0 Å². The van der Waals surface area contributed by atoms with Crippen molar-refractivity contribution in [2.75, 3.05) is 6.54 Å². The van der Waals surface area contributed by atoms with Crippen LogP contribution in [-0.2, 0) is 6.42 Å². The molecule has 1 heteroatoms. The normalized spacial score (nSPS) is 18.8. The second-order valence-electron chi connectivity index (χ2n) is 5.15. The van der Waals surface area contributed by atoms with E-state index in [4.69, 9.17) is 0 Å². The average molecular weight is 217 g/mol. The summed E-state index contributed by atoms with van der Waals surface area (Å²) in [5.41, 5.74) is 1.44. The highest BCUT2D eigenvalue weighted by molar-refractivity contribution is 5.15. The average Bonchev–Trinajstić information content (AvgIpc) is 2.81. The first-order valence-corrected chi connectivity index (χ1v) is 6.62. The Morgan fingerprint density at radius 3 is 2.56 bits per heavy atom. The molecule has 0 heterocycles. The molecule has 1 aromatic rings. The number of rotatable bonds is 5. The van der Waals surface area contributed by atoms with Crippen LogP contribution in [0.2, 0.25) is 0 Å². The van der Waals surface area contributed by atoms with E-state index in [1.165, 1.54) is 37.8 Å². The van der Waals surface area contributed by atoms with Crippen molar-refractivity contribution in [3.63, 3.8) is 0 Å². The molecule has 1 N–H and O–H groups in total. The first-order valence-electron chi connectivity index (χ1n) is 6.62. The van der Waals surface area contributed by atoms with E-state index < -0.39 is 0 Å². The molecule has 0 spiro atoms. The molecule has 1 aromatic carbocycles. The highest BCUT2D eigenvalue weighted by Gasteiger charge is 2.15. The fraction of sp³-hybridized carbons (Fsp3) is 0.600. The monoisotopic (exact) mass is 217 g/mol. The van der Waals surface area contributed by atoms with Crippen molar-refractivity contribution in [1.29, 1.82) is 0 Å². The van der Waals surface area contributed by atoms with Gasteiger partial charge in [0.15, 0.2) is 0 Å². The van der Waals surface area contributed by atoms with Crippen LogP contribution in [0.25, 0.3) is 0 Å². The second kappa shape index (κ2) is 6.05. The minimum absolute atomic E-state index is 0.600. The highest BCUT2D eigenvalue weighted by atomic mass is 14.9. The lowest BCUT2D eigenvalue weighted by atomic mass is 10.1. The van der Waals surface area contributed by atoms with Gasteiger partial charge in [0.05, 0.1) is 0 Å². The summed E-state index contributed by atoms with van der Waals surface area (Å²) in [7, 11) is 0. The third-order valence-electron chi connectivity index (χ3n) is 3.61. The molecular formula is C15H23N. The van der Waals surface area contributed by atoms with Crippen LogP contribution in [0.5, 0.6) is 0 Å². The van der Waals surface area contributed by atoms with Gasteiger partial charge in [0.2, 0.25) is 0 Å². The molecular weight excluding hydrogens is 194 g/mol. The molecule has 0 radical (unpaired) electrons.